The molecule has 0 amide bonds. The van der Waals surface area contributed by atoms with Crippen molar-refractivity contribution >= 4 is 11.6 Å². The van der Waals surface area contributed by atoms with Crippen molar-refractivity contribution in [3.8, 4) is 0 Å². The minimum Gasteiger partial charge on any atom is -0.314 e. The van der Waals surface area contributed by atoms with Crippen LogP contribution in [0.2, 0.25) is 5.15 Å². The largest absolute Gasteiger partial charge is 0.314 e. The average Bonchev–Trinajstić information content (AvgIpc) is 2.66. The Morgan fingerprint density at radius 3 is 2.48 bits per heavy atom. The van der Waals surface area contributed by atoms with E-state index in [0.717, 1.165) is 29.7 Å². The van der Waals surface area contributed by atoms with Gasteiger partial charge in [0.1, 0.15) is 5.15 Å². The topological polar surface area (TPSA) is 29.9 Å². The van der Waals surface area contributed by atoms with Gasteiger partial charge in [-0.1, -0.05) is 57.0 Å². The van der Waals surface area contributed by atoms with E-state index >= 15 is 0 Å². The van der Waals surface area contributed by atoms with Crippen molar-refractivity contribution in [1.82, 2.24) is 15.1 Å². The van der Waals surface area contributed by atoms with Crippen molar-refractivity contribution in [2.75, 3.05) is 6.54 Å². The molecule has 0 aromatic carbocycles. The number of aromatic nitrogens is 2. The molecule has 1 unspecified atom stereocenters. The number of likely N-dealkylation sites (N-methyl/N-ethyl adjacent to an activating group) is 1. The maximum atomic E-state index is 6.40. The molecule has 2 rings (SSSR count). The maximum absolute atomic E-state index is 6.40. The first-order valence-corrected chi connectivity index (χ1v) is 8.91. The summed E-state index contributed by atoms with van der Waals surface area (Å²) in [5.74, 6) is 0.882. The zero-order chi connectivity index (χ0) is 15.2. The zero-order valence-corrected chi connectivity index (χ0v) is 14.5. The number of nitrogens with one attached hydrogen (secondary N) is 1. The first kappa shape index (κ1) is 16.8. The lowest BCUT2D eigenvalue weighted by molar-refractivity contribution is 0.352. The molecule has 1 aromatic rings. The molecule has 21 heavy (non-hydrogen) atoms. The Morgan fingerprint density at radius 1 is 1.29 bits per heavy atom. The van der Waals surface area contributed by atoms with Gasteiger partial charge in [-0.15, -0.1) is 0 Å². The van der Waals surface area contributed by atoms with Crippen LogP contribution in [-0.4, -0.2) is 22.4 Å². The second-order valence-corrected chi connectivity index (χ2v) is 6.89. The van der Waals surface area contributed by atoms with Crippen LogP contribution in [0.15, 0.2) is 0 Å². The molecule has 1 fully saturated rings. The second kappa shape index (κ2) is 8.19. The summed E-state index contributed by atoms with van der Waals surface area (Å²) in [6, 6.07) is 0.526. The van der Waals surface area contributed by atoms with Crippen molar-refractivity contribution in [1.29, 1.82) is 0 Å². The SMILES string of the molecule is CCNC(Cc1c(C)nn(C)c1Cl)CC1CCCCCC1. The molecule has 1 saturated carbocycles. The van der Waals surface area contributed by atoms with E-state index < -0.39 is 0 Å². The van der Waals surface area contributed by atoms with Gasteiger partial charge >= 0.3 is 0 Å². The van der Waals surface area contributed by atoms with Crippen LogP contribution < -0.4 is 5.32 Å². The van der Waals surface area contributed by atoms with Crippen molar-refractivity contribution in [3.63, 3.8) is 0 Å². The highest BCUT2D eigenvalue weighted by atomic mass is 35.5. The van der Waals surface area contributed by atoms with Gasteiger partial charge in [0.2, 0.25) is 0 Å². The first-order valence-electron chi connectivity index (χ1n) is 8.53. The van der Waals surface area contributed by atoms with E-state index in [1.165, 1.54) is 50.5 Å². The van der Waals surface area contributed by atoms with Gasteiger partial charge in [0.05, 0.1) is 5.69 Å². The Labute approximate surface area is 134 Å². The Morgan fingerprint density at radius 2 is 1.95 bits per heavy atom. The second-order valence-electron chi connectivity index (χ2n) is 6.53. The number of hydrogen-bond donors (Lipinski definition) is 1. The minimum absolute atomic E-state index is 0.526. The molecule has 0 bridgehead atoms. The third-order valence-corrected chi connectivity index (χ3v) is 5.28. The summed E-state index contributed by atoms with van der Waals surface area (Å²) in [5, 5.41) is 8.91. The van der Waals surface area contributed by atoms with Crippen molar-refractivity contribution in [2.24, 2.45) is 13.0 Å². The monoisotopic (exact) mass is 311 g/mol. The molecule has 1 heterocycles. The molecule has 1 aliphatic carbocycles. The van der Waals surface area contributed by atoms with E-state index in [1.807, 2.05) is 7.05 Å². The molecule has 1 aliphatic rings. The standard InChI is InChI=1S/C17H30ClN3/c1-4-19-15(11-14-9-7-5-6-8-10-14)12-16-13(2)20-21(3)17(16)18/h14-15,19H,4-12H2,1-3H3. The van der Waals surface area contributed by atoms with Gasteiger partial charge in [-0.3, -0.25) is 4.68 Å². The molecule has 3 nitrogen and oxygen atoms in total. The number of halogens is 1. The highest BCUT2D eigenvalue weighted by molar-refractivity contribution is 6.30. The number of rotatable bonds is 6. The number of aryl methyl sites for hydroxylation is 2. The molecule has 0 radical (unpaired) electrons. The summed E-state index contributed by atoms with van der Waals surface area (Å²) in [5.41, 5.74) is 2.30. The van der Waals surface area contributed by atoms with Crippen LogP contribution in [0.4, 0.5) is 0 Å². The van der Waals surface area contributed by atoms with Gasteiger partial charge in [-0.05, 0) is 32.2 Å². The normalized spacial score (nSPS) is 18.7. The number of nitrogens with zero attached hydrogens (tertiary/aromatic N) is 2. The quantitative estimate of drug-likeness (QED) is 0.795. The average molecular weight is 312 g/mol. The number of hydrogen-bond acceptors (Lipinski definition) is 2. The third-order valence-electron chi connectivity index (χ3n) is 4.81. The van der Waals surface area contributed by atoms with Gasteiger partial charge in [-0.25, -0.2) is 0 Å². The summed E-state index contributed by atoms with van der Waals surface area (Å²) < 4.78 is 1.79. The van der Waals surface area contributed by atoms with Gasteiger partial charge in [0.15, 0.2) is 0 Å². The first-order chi connectivity index (χ1) is 10.1. The van der Waals surface area contributed by atoms with Gasteiger partial charge < -0.3 is 5.32 Å². The molecule has 0 saturated heterocycles. The van der Waals surface area contributed by atoms with Gasteiger partial charge in [0.25, 0.3) is 0 Å². The minimum atomic E-state index is 0.526. The fraction of sp³-hybridized carbons (Fsp3) is 0.824. The van der Waals surface area contributed by atoms with Gasteiger partial charge in [0, 0.05) is 18.7 Å². The van der Waals surface area contributed by atoms with Crippen molar-refractivity contribution in [2.45, 2.75) is 71.3 Å². The Hall–Kier alpha value is -0.540. The van der Waals surface area contributed by atoms with Crippen molar-refractivity contribution < 1.29 is 0 Å². The molecule has 0 spiro atoms. The van der Waals surface area contributed by atoms with Crippen LogP contribution >= 0.6 is 11.6 Å². The van der Waals surface area contributed by atoms with Crippen LogP contribution in [0.3, 0.4) is 0 Å². The highest BCUT2D eigenvalue weighted by Gasteiger charge is 2.21. The van der Waals surface area contributed by atoms with Crippen LogP contribution in [-0.2, 0) is 13.5 Å². The van der Waals surface area contributed by atoms with E-state index in [-0.39, 0.29) is 0 Å². The van der Waals surface area contributed by atoms with Crippen LogP contribution in [0.1, 0.15) is 63.1 Å². The molecule has 1 atom stereocenters. The lowest BCUT2D eigenvalue weighted by Crippen LogP contribution is -2.33. The van der Waals surface area contributed by atoms with Crippen molar-refractivity contribution in [3.05, 3.63) is 16.4 Å². The lowest BCUT2D eigenvalue weighted by atomic mass is 9.90. The Kier molecular flexibility index (Phi) is 6.56. The molecule has 0 aliphatic heterocycles. The molecular weight excluding hydrogens is 282 g/mol. The predicted octanol–water partition coefficient (Wildman–Crippen LogP) is 4.26. The van der Waals surface area contributed by atoms with Crippen LogP contribution in [0.25, 0.3) is 0 Å². The molecular formula is C17H30ClN3. The summed E-state index contributed by atoms with van der Waals surface area (Å²) in [4.78, 5) is 0. The zero-order valence-electron chi connectivity index (χ0n) is 13.8. The third kappa shape index (κ3) is 4.72. The van der Waals surface area contributed by atoms with E-state index in [0.29, 0.717) is 6.04 Å². The summed E-state index contributed by atoms with van der Waals surface area (Å²) in [6.45, 7) is 5.28. The summed E-state index contributed by atoms with van der Waals surface area (Å²) in [6.07, 6.45) is 10.8. The molecule has 1 aromatic heterocycles. The summed E-state index contributed by atoms with van der Waals surface area (Å²) >= 11 is 6.40. The molecule has 120 valence electrons. The van der Waals surface area contributed by atoms with E-state index in [9.17, 15) is 0 Å². The van der Waals surface area contributed by atoms with Crippen LogP contribution in [0, 0.1) is 12.8 Å². The Bertz CT molecular complexity index is 433. The fourth-order valence-electron chi connectivity index (χ4n) is 3.68. The maximum Gasteiger partial charge on any atom is 0.130 e. The highest BCUT2D eigenvalue weighted by Crippen LogP contribution is 2.28. The molecule has 1 N–H and O–H groups in total. The Balaban J connectivity index is 2.00. The lowest BCUT2D eigenvalue weighted by Gasteiger charge is -2.23. The van der Waals surface area contributed by atoms with E-state index in [2.05, 4.69) is 24.3 Å². The van der Waals surface area contributed by atoms with Crippen LogP contribution in [0.5, 0.6) is 0 Å². The summed E-state index contributed by atoms with van der Waals surface area (Å²) in [7, 11) is 1.92. The predicted molar refractivity (Wildman–Crippen MR) is 89.9 cm³/mol. The fourth-order valence-corrected chi connectivity index (χ4v) is 3.93. The molecule has 4 heteroatoms. The smallest absolute Gasteiger partial charge is 0.130 e. The van der Waals surface area contributed by atoms with E-state index in [4.69, 9.17) is 11.6 Å². The van der Waals surface area contributed by atoms with Gasteiger partial charge in [-0.2, -0.15) is 5.10 Å². The van der Waals surface area contributed by atoms with E-state index in [1.54, 1.807) is 4.68 Å².